The fourth-order valence-corrected chi connectivity index (χ4v) is 2.05. The van der Waals surface area contributed by atoms with Crippen molar-refractivity contribution in [3.8, 4) is 5.75 Å². The Balaban J connectivity index is 2.16. The van der Waals surface area contributed by atoms with Gasteiger partial charge in [-0.25, -0.2) is 0 Å². The van der Waals surface area contributed by atoms with Crippen molar-refractivity contribution in [3.05, 3.63) is 58.3 Å². The Kier molecular flexibility index (Phi) is 4.52. The fourth-order valence-electron chi connectivity index (χ4n) is 1.64. The van der Waals surface area contributed by atoms with E-state index in [-0.39, 0.29) is 0 Å². The Morgan fingerprint density at radius 3 is 2.89 bits per heavy atom. The summed E-state index contributed by atoms with van der Waals surface area (Å²) in [6.45, 7) is 2.13. The lowest BCUT2D eigenvalue weighted by Crippen LogP contribution is -2.02. The van der Waals surface area contributed by atoms with E-state index in [1.165, 1.54) is 0 Å². The molecular formula is C14H13BrN2O2. The van der Waals surface area contributed by atoms with Crippen LogP contribution in [0, 0.1) is 0 Å². The molecule has 1 N–H and O–H groups in total. The van der Waals surface area contributed by atoms with E-state index >= 15 is 0 Å². The number of nitrogens with zero attached hydrogens (tertiary/aromatic N) is 2. The molecule has 2 aromatic rings. The molecule has 1 heterocycles. The first-order valence-corrected chi connectivity index (χ1v) is 6.50. The number of halogens is 1. The molecule has 0 aliphatic rings. The van der Waals surface area contributed by atoms with E-state index in [0.29, 0.717) is 18.1 Å². The maximum atomic E-state index is 8.85. The third-order valence-corrected chi connectivity index (χ3v) is 3.02. The van der Waals surface area contributed by atoms with Gasteiger partial charge >= 0.3 is 0 Å². The largest absolute Gasteiger partial charge is 0.488 e. The summed E-state index contributed by atoms with van der Waals surface area (Å²) in [4.78, 5) is 4.08. The summed E-state index contributed by atoms with van der Waals surface area (Å²) in [6.07, 6.45) is 3.47. The molecule has 0 spiro atoms. The monoisotopic (exact) mass is 320 g/mol. The molecule has 0 saturated heterocycles. The van der Waals surface area contributed by atoms with Crippen LogP contribution in [0.4, 0.5) is 0 Å². The van der Waals surface area contributed by atoms with E-state index in [4.69, 9.17) is 9.94 Å². The molecule has 0 bridgehead atoms. The van der Waals surface area contributed by atoms with Crippen LogP contribution in [0.2, 0.25) is 0 Å². The van der Waals surface area contributed by atoms with Gasteiger partial charge in [0.05, 0.1) is 5.71 Å². The molecule has 0 unspecified atom stereocenters. The number of oxime groups is 1. The van der Waals surface area contributed by atoms with Crippen molar-refractivity contribution < 1.29 is 9.94 Å². The molecule has 2 rings (SSSR count). The smallest absolute Gasteiger partial charge is 0.128 e. The Bertz CT molecular complexity index is 600. The van der Waals surface area contributed by atoms with Crippen LogP contribution in [0.15, 0.2) is 52.4 Å². The minimum atomic E-state index is 0.405. The highest BCUT2D eigenvalue weighted by molar-refractivity contribution is 9.10. The standard InChI is InChI=1S/C14H13BrN2O2/c1-10(17-18)13-4-2-3-5-14(13)19-9-11-6-12(15)8-16-7-11/h2-8,18H,9H2,1H3/b17-10-. The van der Waals surface area contributed by atoms with E-state index in [9.17, 15) is 0 Å². The second-order valence-electron chi connectivity index (χ2n) is 3.98. The molecule has 0 saturated carbocycles. The molecule has 0 atom stereocenters. The van der Waals surface area contributed by atoms with Gasteiger partial charge in [-0.2, -0.15) is 0 Å². The van der Waals surface area contributed by atoms with Crippen LogP contribution in [-0.4, -0.2) is 15.9 Å². The number of benzene rings is 1. The highest BCUT2D eigenvalue weighted by Gasteiger charge is 2.07. The highest BCUT2D eigenvalue weighted by atomic mass is 79.9. The van der Waals surface area contributed by atoms with Crippen molar-refractivity contribution in [1.29, 1.82) is 0 Å². The van der Waals surface area contributed by atoms with E-state index < -0.39 is 0 Å². The average molecular weight is 321 g/mol. The maximum Gasteiger partial charge on any atom is 0.128 e. The Morgan fingerprint density at radius 2 is 2.16 bits per heavy atom. The minimum Gasteiger partial charge on any atom is -0.488 e. The summed E-state index contributed by atoms with van der Waals surface area (Å²) in [5.41, 5.74) is 2.25. The van der Waals surface area contributed by atoms with Crippen LogP contribution in [0.1, 0.15) is 18.1 Å². The van der Waals surface area contributed by atoms with Crippen molar-refractivity contribution in [1.82, 2.24) is 4.98 Å². The lowest BCUT2D eigenvalue weighted by atomic mass is 10.1. The first kappa shape index (κ1) is 13.5. The van der Waals surface area contributed by atoms with Crippen LogP contribution in [0.3, 0.4) is 0 Å². The zero-order valence-electron chi connectivity index (χ0n) is 10.4. The molecule has 0 fully saturated rings. The molecule has 98 valence electrons. The normalized spacial score (nSPS) is 11.4. The Labute approximate surface area is 119 Å². The minimum absolute atomic E-state index is 0.405. The molecule has 1 aromatic heterocycles. The van der Waals surface area contributed by atoms with E-state index in [2.05, 4.69) is 26.1 Å². The summed E-state index contributed by atoms with van der Waals surface area (Å²) in [5, 5.41) is 12.1. The SMILES string of the molecule is C/C(=N/O)c1ccccc1OCc1cncc(Br)c1. The highest BCUT2D eigenvalue weighted by Crippen LogP contribution is 2.20. The third kappa shape index (κ3) is 3.54. The van der Waals surface area contributed by atoms with Crippen molar-refractivity contribution in [2.75, 3.05) is 0 Å². The van der Waals surface area contributed by atoms with E-state index in [1.54, 1.807) is 19.3 Å². The lowest BCUT2D eigenvalue weighted by molar-refractivity contribution is 0.303. The number of para-hydroxylation sites is 1. The first-order valence-electron chi connectivity index (χ1n) is 5.71. The molecule has 0 aliphatic heterocycles. The lowest BCUT2D eigenvalue weighted by Gasteiger charge is -2.10. The summed E-state index contributed by atoms with van der Waals surface area (Å²) < 4.78 is 6.66. The summed E-state index contributed by atoms with van der Waals surface area (Å²) in [6, 6.07) is 9.39. The summed E-state index contributed by atoms with van der Waals surface area (Å²) in [5.74, 6) is 0.678. The molecule has 0 amide bonds. The number of hydrogen-bond donors (Lipinski definition) is 1. The van der Waals surface area contributed by atoms with Crippen LogP contribution in [0.25, 0.3) is 0 Å². The molecule has 0 radical (unpaired) electrons. The first-order chi connectivity index (χ1) is 9.20. The average Bonchev–Trinajstić information content (AvgIpc) is 2.45. The zero-order valence-corrected chi connectivity index (χ0v) is 12.0. The Morgan fingerprint density at radius 1 is 1.37 bits per heavy atom. The van der Waals surface area contributed by atoms with Gasteiger partial charge < -0.3 is 9.94 Å². The van der Waals surface area contributed by atoms with E-state index in [1.807, 2.05) is 30.3 Å². The van der Waals surface area contributed by atoms with Gasteiger partial charge in [0.2, 0.25) is 0 Å². The van der Waals surface area contributed by atoms with Crippen molar-refractivity contribution in [3.63, 3.8) is 0 Å². The quantitative estimate of drug-likeness (QED) is 0.531. The second-order valence-corrected chi connectivity index (χ2v) is 4.90. The molecule has 1 aromatic carbocycles. The van der Waals surface area contributed by atoms with Gasteiger partial charge in [-0.1, -0.05) is 17.3 Å². The van der Waals surface area contributed by atoms with Crippen LogP contribution in [-0.2, 0) is 6.61 Å². The van der Waals surface area contributed by atoms with Gasteiger partial charge in [-0.05, 0) is 41.1 Å². The fraction of sp³-hybridized carbons (Fsp3) is 0.143. The molecule has 0 aliphatic carbocycles. The van der Waals surface area contributed by atoms with Crippen LogP contribution in [0.5, 0.6) is 5.75 Å². The van der Waals surface area contributed by atoms with Gasteiger partial charge in [-0.3, -0.25) is 4.98 Å². The van der Waals surface area contributed by atoms with Crippen LogP contribution < -0.4 is 4.74 Å². The molecule has 4 nitrogen and oxygen atoms in total. The van der Waals surface area contributed by atoms with Crippen molar-refractivity contribution in [2.45, 2.75) is 13.5 Å². The number of rotatable bonds is 4. The van der Waals surface area contributed by atoms with E-state index in [0.717, 1.165) is 15.6 Å². The van der Waals surface area contributed by atoms with Gasteiger partial charge in [0, 0.05) is 28.0 Å². The predicted molar refractivity (Wildman–Crippen MR) is 76.7 cm³/mol. The van der Waals surface area contributed by atoms with Crippen molar-refractivity contribution >= 4 is 21.6 Å². The summed E-state index contributed by atoms with van der Waals surface area (Å²) >= 11 is 3.37. The third-order valence-electron chi connectivity index (χ3n) is 2.58. The second kappa shape index (κ2) is 6.33. The topological polar surface area (TPSA) is 54.7 Å². The summed E-state index contributed by atoms with van der Waals surface area (Å²) in [7, 11) is 0. The molecular weight excluding hydrogens is 308 g/mol. The zero-order chi connectivity index (χ0) is 13.7. The van der Waals surface area contributed by atoms with Gasteiger partial charge in [0.15, 0.2) is 0 Å². The van der Waals surface area contributed by atoms with Gasteiger partial charge in [0.25, 0.3) is 0 Å². The van der Waals surface area contributed by atoms with Crippen molar-refractivity contribution in [2.24, 2.45) is 5.16 Å². The number of hydrogen-bond acceptors (Lipinski definition) is 4. The molecule has 19 heavy (non-hydrogen) atoms. The molecule has 5 heteroatoms. The number of aromatic nitrogens is 1. The maximum absolute atomic E-state index is 8.85. The van der Waals surface area contributed by atoms with Gasteiger partial charge in [-0.15, -0.1) is 0 Å². The predicted octanol–water partition coefficient (Wildman–Crippen LogP) is 3.62. The number of ether oxygens (including phenoxy) is 1. The Hall–Kier alpha value is -1.88. The van der Waals surface area contributed by atoms with Gasteiger partial charge in [0.1, 0.15) is 12.4 Å². The van der Waals surface area contributed by atoms with Crippen LogP contribution >= 0.6 is 15.9 Å². The number of pyridine rings is 1.